The molecule has 3 nitrogen and oxygen atoms in total. The Balaban J connectivity index is 2.77. The Morgan fingerprint density at radius 3 is 2.40 bits per heavy atom. The van der Waals surface area contributed by atoms with E-state index < -0.39 is 5.54 Å². The molecule has 1 unspecified atom stereocenters. The smallest absolute Gasteiger partial charge is 0.118 e. The molecule has 0 saturated heterocycles. The quantitative estimate of drug-likeness (QED) is 0.812. The fraction of sp³-hybridized carbons (Fsp3) is 0.417. The largest absolute Gasteiger partial charge is 0.497 e. The maximum absolute atomic E-state index is 9.01. The molecular weight excluding hydrogens is 188 g/mol. The average molecular weight is 204 g/mol. The third-order valence-corrected chi connectivity index (χ3v) is 2.52. The van der Waals surface area contributed by atoms with Crippen LogP contribution in [0.25, 0.3) is 0 Å². The Hall–Kier alpha value is -1.53. The van der Waals surface area contributed by atoms with Crippen LogP contribution in [0.2, 0.25) is 0 Å². The molecule has 0 spiro atoms. The van der Waals surface area contributed by atoms with Crippen molar-refractivity contribution in [3.05, 3.63) is 29.8 Å². The van der Waals surface area contributed by atoms with Crippen LogP contribution in [0.1, 0.15) is 12.5 Å². The Morgan fingerprint density at radius 1 is 1.40 bits per heavy atom. The summed E-state index contributed by atoms with van der Waals surface area (Å²) in [5.41, 5.74) is 0.614. The summed E-state index contributed by atoms with van der Waals surface area (Å²) in [6, 6.07) is 10.0. The zero-order valence-corrected chi connectivity index (χ0v) is 9.37. The highest BCUT2D eigenvalue weighted by molar-refractivity contribution is 5.29. The van der Waals surface area contributed by atoms with Gasteiger partial charge in [-0.05, 0) is 31.7 Å². The van der Waals surface area contributed by atoms with Gasteiger partial charge in [0.05, 0.1) is 13.2 Å². The van der Waals surface area contributed by atoms with Gasteiger partial charge in [0.2, 0.25) is 0 Å². The maximum Gasteiger partial charge on any atom is 0.118 e. The summed E-state index contributed by atoms with van der Waals surface area (Å²) in [5.74, 6) is 0.835. The van der Waals surface area contributed by atoms with Crippen molar-refractivity contribution in [3.8, 4) is 11.8 Å². The second kappa shape index (κ2) is 4.81. The van der Waals surface area contributed by atoms with E-state index in [1.165, 1.54) is 0 Å². The van der Waals surface area contributed by atoms with Crippen LogP contribution in [-0.4, -0.2) is 19.7 Å². The monoisotopic (exact) mass is 204 g/mol. The summed E-state index contributed by atoms with van der Waals surface area (Å²) in [6.07, 6.45) is 0.685. The summed E-state index contributed by atoms with van der Waals surface area (Å²) < 4.78 is 5.07. The molecule has 0 aliphatic rings. The molecule has 0 aliphatic carbocycles. The number of hydrogen-bond donors (Lipinski definition) is 1. The van der Waals surface area contributed by atoms with Crippen LogP contribution in [0.15, 0.2) is 24.3 Å². The number of benzene rings is 1. The second-order valence-electron chi connectivity index (χ2n) is 3.72. The minimum atomic E-state index is -0.505. The van der Waals surface area contributed by atoms with Crippen molar-refractivity contribution >= 4 is 0 Å². The summed E-state index contributed by atoms with van der Waals surface area (Å²) in [6.45, 7) is 1.89. The van der Waals surface area contributed by atoms with E-state index in [2.05, 4.69) is 11.4 Å². The number of nitrogens with one attached hydrogen (secondary N) is 1. The van der Waals surface area contributed by atoms with Crippen molar-refractivity contribution in [2.24, 2.45) is 0 Å². The van der Waals surface area contributed by atoms with E-state index in [-0.39, 0.29) is 0 Å². The van der Waals surface area contributed by atoms with E-state index >= 15 is 0 Å². The van der Waals surface area contributed by atoms with Gasteiger partial charge in [-0.2, -0.15) is 5.26 Å². The fourth-order valence-corrected chi connectivity index (χ4v) is 1.34. The lowest BCUT2D eigenvalue weighted by Crippen LogP contribution is -2.40. The predicted molar refractivity (Wildman–Crippen MR) is 59.8 cm³/mol. The van der Waals surface area contributed by atoms with Gasteiger partial charge in [0.1, 0.15) is 11.3 Å². The van der Waals surface area contributed by atoms with Gasteiger partial charge in [-0.15, -0.1) is 0 Å². The van der Waals surface area contributed by atoms with Crippen molar-refractivity contribution in [2.45, 2.75) is 18.9 Å². The van der Waals surface area contributed by atoms with Crippen LogP contribution >= 0.6 is 0 Å². The van der Waals surface area contributed by atoms with Crippen LogP contribution in [0.5, 0.6) is 5.75 Å². The van der Waals surface area contributed by atoms with Gasteiger partial charge in [-0.1, -0.05) is 12.1 Å². The van der Waals surface area contributed by atoms with Gasteiger partial charge in [-0.25, -0.2) is 0 Å². The summed E-state index contributed by atoms with van der Waals surface area (Å²) in [7, 11) is 3.44. The molecule has 1 aromatic carbocycles. The lowest BCUT2D eigenvalue weighted by atomic mass is 9.95. The van der Waals surface area contributed by atoms with Crippen molar-refractivity contribution < 1.29 is 4.74 Å². The van der Waals surface area contributed by atoms with E-state index in [4.69, 9.17) is 10.00 Å². The van der Waals surface area contributed by atoms with E-state index in [9.17, 15) is 0 Å². The number of hydrogen-bond acceptors (Lipinski definition) is 3. The molecule has 15 heavy (non-hydrogen) atoms. The number of likely N-dealkylation sites (N-methyl/N-ethyl adjacent to an activating group) is 1. The zero-order valence-electron chi connectivity index (χ0n) is 9.37. The van der Waals surface area contributed by atoms with E-state index in [1.807, 2.05) is 31.2 Å². The lowest BCUT2D eigenvalue weighted by molar-refractivity contribution is 0.414. The van der Waals surface area contributed by atoms with E-state index in [1.54, 1.807) is 14.2 Å². The van der Waals surface area contributed by atoms with Crippen LogP contribution in [0.3, 0.4) is 0 Å². The molecular formula is C12H16N2O. The standard InChI is InChI=1S/C12H16N2O/c1-12(9-13,14-2)8-10-4-6-11(15-3)7-5-10/h4-7,14H,8H2,1-3H3. The molecule has 1 N–H and O–H groups in total. The first-order valence-corrected chi connectivity index (χ1v) is 4.86. The molecule has 0 fully saturated rings. The second-order valence-corrected chi connectivity index (χ2v) is 3.72. The molecule has 0 aliphatic heterocycles. The minimum absolute atomic E-state index is 0.505. The van der Waals surface area contributed by atoms with Gasteiger partial charge < -0.3 is 10.1 Å². The minimum Gasteiger partial charge on any atom is -0.497 e. The Bertz CT molecular complexity index is 353. The third kappa shape index (κ3) is 2.97. The lowest BCUT2D eigenvalue weighted by Gasteiger charge is -2.20. The van der Waals surface area contributed by atoms with E-state index in [0.29, 0.717) is 6.42 Å². The van der Waals surface area contributed by atoms with Crippen molar-refractivity contribution in [3.63, 3.8) is 0 Å². The SMILES string of the molecule is CNC(C)(C#N)Cc1ccc(OC)cc1. The average Bonchev–Trinajstić information content (AvgIpc) is 2.30. The molecule has 0 amide bonds. The Labute approximate surface area is 90.7 Å². The first-order valence-electron chi connectivity index (χ1n) is 4.86. The van der Waals surface area contributed by atoms with Gasteiger partial charge in [0.25, 0.3) is 0 Å². The van der Waals surface area contributed by atoms with Gasteiger partial charge in [0.15, 0.2) is 0 Å². The Morgan fingerprint density at radius 2 is 2.00 bits per heavy atom. The zero-order chi connectivity index (χ0) is 11.3. The highest BCUT2D eigenvalue weighted by atomic mass is 16.5. The van der Waals surface area contributed by atoms with E-state index in [0.717, 1.165) is 11.3 Å². The molecule has 0 heterocycles. The fourth-order valence-electron chi connectivity index (χ4n) is 1.34. The highest BCUT2D eigenvalue weighted by Crippen LogP contribution is 2.16. The topological polar surface area (TPSA) is 45.0 Å². The first kappa shape index (κ1) is 11.5. The number of methoxy groups -OCH3 is 1. The maximum atomic E-state index is 9.01. The first-order chi connectivity index (χ1) is 7.13. The van der Waals surface area contributed by atoms with Crippen LogP contribution in [-0.2, 0) is 6.42 Å². The van der Waals surface area contributed by atoms with Gasteiger partial charge in [-0.3, -0.25) is 0 Å². The third-order valence-electron chi connectivity index (χ3n) is 2.52. The Kier molecular flexibility index (Phi) is 3.70. The molecule has 0 radical (unpaired) electrons. The highest BCUT2D eigenvalue weighted by Gasteiger charge is 2.21. The molecule has 1 atom stereocenters. The van der Waals surface area contributed by atoms with Crippen LogP contribution < -0.4 is 10.1 Å². The van der Waals surface area contributed by atoms with Crippen LogP contribution in [0, 0.1) is 11.3 Å². The van der Waals surface area contributed by atoms with Gasteiger partial charge in [0, 0.05) is 6.42 Å². The van der Waals surface area contributed by atoms with Crippen LogP contribution in [0.4, 0.5) is 0 Å². The summed E-state index contributed by atoms with van der Waals surface area (Å²) >= 11 is 0. The van der Waals surface area contributed by atoms with Gasteiger partial charge >= 0.3 is 0 Å². The molecule has 1 aromatic rings. The van der Waals surface area contributed by atoms with Crippen molar-refractivity contribution in [2.75, 3.05) is 14.2 Å². The van der Waals surface area contributed by atoms with Crippen molar-refractivity contribution in [1.82, 2.24) is 5.32 Å². The normalized spacial score (nSPS) is 14.0. The summed E-state index contributed by atoms with van der Waals surface area (Å²) in [4.78, 5) is 0. The number of rotatable bonds is 4. The molecule has 0 saturated carbocycles. The number of nitrogens with zero attached hydrogens (tertiary/aromatic N) is 1. The molecule has 1 rings (SSSR count). The molecule has 80 valence electrons. The number of ether oxygens (including phenoxy) is 1. The number of nitriles is 1. The predicted octanol–water partition coefficient (Wildman–Crippen LogP) is 1.74. The molecule has 0 bridgehead atoms. The molecule has 0 aromatic heterocycles. The summed E-state index contributed by atoms with van der Waals surface area (Å²) in [5, 5.41) is 12.0. The van der Waals surface area contributed by atoms with Crippen molar-refractivity contribution in [1.29, 1.82) is 5.26 Å². The molecule has 3 heteroatoms.